The van der Waals surface area contributed by atoms with Crippen LogP contribution in [0.25, 0.3) is 15.9 Å². The summed E-state index contributed by atoms with van der Waals surface area (Å²) in [6, 6.07) is 8.20. The van der Waals surface area contributed by atoms with Crippen molar-refractivity contribution in [2.24, 2.45) is 0 Å². The summed E-state index contributed by atoms with van der Waals surface area (Å²) >= 11 is 2.73. The first-order chi connectivity index (χ1) is 14.0. The fraction of sp³-hybridized carbons (Fsp3) is 0.409. The lowest BCUT2D eigenvalue weighted by Gasteiger charge is -2.22. The number of hydrogen-bond acceptors (Lipinski definition) is 5. The van der Waals surface area contributed by atoms with Crippen molar-refractivity contribution in [2.75, 3.05) is 5.75 Å². The predicted octanol–water partition coefficient (Wildman–Crippen LogP) is 4.61. The molecule has 0 spiro atoms. The maximum atomic E-state index is 13.2. The van der Waals surface area contributed by atoms with Gasteiger partial charge in [-0.3, -0.25) is 14.2 Å². The van der Waals surface area contributed by atoms with E-state index in [1.807, 2.05) is 37.4 Å². The lowest BCUT2D eigenvalue weighted by Crippen LogP contribution is -2.37. The van der Waals surface area contributed by atoms with Gasteiger partial charge in [0.1, 0.15) is 4.70 Å². The van der Waals surface area contributed by atoms with Gasteiger partial charge >= 0.3 is 0 Å². The molecule has 0 atom stereocenters. The summed E-state index contributed by atoms with van der Waals surface area (Å²) in [4.78, 5) is 30.4. The molecule has 4 rings (SSSR count). The normalized spacial score (nSPS) is 15.0. The monoisotopic (exact) mass is 427 g/mol. The third kappa shape index (κ3) is 4.56. The zero-order chi connectivity index (χ0) is 20.4. The van der Waals surface area contributed by atoms with E-state index in [9.17, 15) is 9.59 Å². The Morgan fingerprint density at radius 1 is 1.21 bits per heavy atom. The van der Waals surface area contributed by atoms with E-state index in [-0.39, 0.29) is 23.3 Å². The van der Waals surface area contributed by atoms with Crippen LogP contribution in [0.3, 0.4) is 0 Å². The Hall–Kier alpha value is -2.12. The number of carbonyl (C=O) groups excluding carboxylic acids is 1. The van der Waals surface area contributed by atoms with Crippen LogP contribution >= 0.6 is 23.1 Å². The first kappa shape index (κ1) is 20.2. The largest absolute Gasteiger partial charge is 0.353 e. The molecule has 1 aliphatic carbocycles. The predicted molar refractivity (Wildman–Crippen MR) is 120 cm³/mol. The first-order valence-corrected chi connectivity index (χ1v) is 11.9. The second-order valence-electron chi connectivity index (χ2n) is 7.71. The number of fused-ring (bicyclic) bond motifs is 1. The molecule has 2 aromatic heterocycles. The Balaban J connectivity index is 1.64. The van der Waals surface area contributed by atoms with Gasteiger partial charge in [-0.1, -0.05) is 37.1 Å². The van der Waals surface area contributed by atoms with E-state index in [1.165, 1.54) is 42.4 Å². The van der Waals surface area contributed by atoms with Crippen molar-refractivity contribution in [1.29, 1.82) is 0 Å². The SMILES string of the molecule is Cc1cc(C)cc(-n2c(SCC(=O)NC3CCCCC3)nc3ccsc3c2=O)c1. The Morgan fingerprint density at radius 2 is 1.93 bits per heavy atom. The van der Waals surface area contributed by atoms with Crippen LogP contribution in [0, 0.1) is 13.8 Å². The average Bonchev–Trinajstić information content (AvgIpc) is 3.15. The second kappa shape index (κ2) is 8.71. The number of amides is 1. The van der Waals surface area contributed by atoms with Gasteiger partial charge in [-0.2, -0.15) is 0 Å². The second-order valence-corrected chi connectivity index (χ2v) is 9.57. The molecule has 1 amide bonds. The van der Waals surface area contributed by atoms with Crippen molar-refractivity contribution in [2.45, 2.75) is 57.1 Å². The minimum atomic E-state index is -0.0785. The van der Waals surface area contributed by atoms with Gasteiger partial charge in [0.25, 0.3) is 5.56 Å². The molecule has 0 aliphatic heterocycles. The number of benzene rings is 1. The minimum absolute atomic E-state index is 0.00790. The third-order valence-electron chi connectivity index (χ3n) is 5.22. The van der Waals surface area contributed by atoms with Gasteiger partial charge in [0.15, 0.2) is 5.16 Å². The number of hydrogen-bond donors (Lipinski definition) is 1. The maximum absolute atomic E-state index is 13.2. The molecule has 0 saturated heterocycles. The van der Waals surface area contributed by atoms with Crippen molar-refractivity contribution in [3.63, 3.8) is 0 Å². The summed E-state index contributed by atoms with van der Waals surface area (Å²) in [5.41, 5.74) is 3.58. The summed E-state index contributed by atoms with van der Waals surface area (Å²) in [5, 5.41) is 5.58. The molecule has 152 valence electrons. The summed E-state index contributed by atoms with van der Waals surface area (Å²) in [6.07, 6.45) is 5.74. The summed E-state index contributed by atoms with van der Waals surface area (Å²) < 4.78 is 2.29. The fourth-order valence-corrected chi connectivity index (χ4v) is 5.53. The van der Waals surface area contributed by atoms with Crippen LogP contribution in [-0.2, 0) is 4.79 Å². The van der Waals surface area contributed by atoms with Crippen molar-refractivity contribution in [1.82, 2.24) is 14.9 Å². The van der Waals surface area contributed by atoms with Crippen molar-refractivity contribution in [3.8, 4) is 5.69 Å². The van der Waals surface area contributed by atoms with Crippen molar-refractivity contribution in [3.05, 3.63) is 51.1 Å². The summed E-state index contributed by atoms with van der Waals surface area (Å²) in [7, 11) is 0. The molecular formula is C22H25N3O2S2. The van der Waals surface area contributed by atoms with Crippen LogP contribution in [-0.4, -0.2) is 27.3 Å². The smallest absolute Gasteiger partial charge is 0.276 e. The Kier molecular flexibility index (Phi) is 6.06. The van der Waals surface area contributed by atoms with E-state index in [1.54, 1.807) is 4.57 Å². The molecule has 7 heteroatoms. The highest BCUT2D eigenvalue weighted by Crippen LogP contribution is 2.25. The zero-order valence-corrected chi connectivity index (χ0v) is 18.4. The number of carbonyl (C=O) groups is 1. The molecule has 1 N–H and O–H groups in total. The molecule has 0 unspecified atom stereocenters. The minimum Gasteiger partial charge on any atom is -0.353 e. The average molecular weight is 428 g/mol. The first-order valence-electron chi connectivity index (χ1n) is 10.0. The number of rotatable bonds is 5. The molecule has 3 aromatic rings. The maximum Gasteiger partial charge on any atom is 0.276 e. The quantitative estimate of drug-likeness (QED) is 0.477. The molecule has 1 fully saturated rings. The third-order valence-corrected chi connectivity index (χ3v) is 7.05. The van der Waals surface area contributed by atoms with Gasteiger partial charge in [-0.05, 0) is 61.4 Å². The van der Waals surface area contributed by atoms with Crippen LogP contribution in [0.5, 0.6) is 0 Å². The number of thiophene rings is 1. The Labute approximate surface area is 178 Å². The molecule has 29 heavy (non-hydrogen) atoms. The van der Waals surface area contributed by atoms with Crippen molar-refractivity contribution < 1.29 is 4.79 Å². The van der Waals surface area contributed by atoms with E-state index in [0.717, 1.165) is 29.7 Å². The standard InChI is InChI=1S/C22H25N3O2S2/c1-14-10-15(2)12-17(11-14)25-21(27)20-18(8-9-28-20)24-22(25)29-13-19(26)23-16-6-4-3-5-7-16/h8-12,16H,3-7,13H2,1-2H3,(H,23,26). The van der Waals surface area contributed by atoms with Crippen molar-refractivity contribution >= 4 is 39.2 Å². The van der Waals surface area contributed by atoms with E-state index >= 15 is 0 Å². The molecule has 1 aromatic carbocycles. The number of nitrogens with one attached hydrogen (secondary N) is 1. The van der Waals surface area contributed by atoms with Gasteiger partial charge in [0, 0.05) is 6.04 Å². The molecule has 0 bridgehead atoms. The van der Waals surface area contributed by atoms with Crippen LogP contribution in [0.4, 0.5) is 0 Å². The number of nitrogens with zero attached hydrogens (tertiary/aromatic N) is 2. The van der Waals surface area contributed by atoms with Gasteiger partial charge < -0.3 is 5.32 Å². The topological polar surface area (TPSA) is 64.0 Å². The van der Waals surface area contributed by atoms with Gasteiger partial charge in [-0.25, -0.2) is 4.98 Å². The van der Waals surface area contributed by atoms with Crippen LogP contribution in [0.2, 0.25) is 0 Å². The summed E-state index contributed by atoms with van der Waals surface area (Å²) in [5.74, 6) is 0.261. The van der Waals surface area contributed by atoms with E-state index in [0.29, 0.717) is 15.4 Å². The lowest BCUT2D eigenvalue weighted by molar-refractivity contribution is -0.119. The fourth-order valence-electron chi connectivity index (χ4n) is 3.94. The lowest BCUT2D eigenvalue weighted by atomic mass is 9.95. The van der Waals surface area contributed by atoms with Crippen LogP contribution in [0.1, 0.15) is 43.2 Å². The molecule has 1 saturated carbocycles. The molecule has 2 heterocycles. The summed E-state index contributed by atoms with van der Waals surface area (Å²) in [6.45, 7) is 4.03. The van der Waals surface area contributed by atoms with Crippen LogP contribution in [0.15, 0.2) is 39.6 Å². The highest BCUT2D eigenvalue weighted by Gasteiger charge is 2.18. The number of aryl methyl sites for hydroxylation is 2. The van der Waals surface area contributed by atoms with Crippen LogP contribution < -0.4 is 10.9 Å². The van der Waals surface area contributed by atoms with Gasteiger partial charge in [0.05, 0.1) is 17.0 Å². The van der Waals surface area contributed by atoms with E-state index in [2.05, 4.69) is 11.4 Å². The molecule has 0 radical (unpaired) electrons. The number of thioether (sulfide) groups is 1. The zero-order valence-electron chi connectivity index (χ0n) is 16.7. The van der Waals surface area contributed by atoms with E-state index in [4.69, 9.17) is 4.98 Å². The highest BCUT2D eigenvalue weighted by atomic mass is 32.2. The molecule has 5 nitrogen and oxygen atoms in total. The molecule has 1 aliphatic rings. The Bertz CT molecular complexity index is 1080. The molecular weight excluding hydrogens is 402 g/mol. The number of aromatic nitrogens is 2. The highest BCUT2D eigenvalue weighted by molar-refractivity contribution is 7.99. The van der Waals surface area contributed by atoms with Gasteiger partial charge in [-0.15, -0.1) is 11.3 Å². The van der Waals surface area contributed by atoms with Gasteiger partial charge in [0.2, 0.25) is 5.91 Å². The van der Waals surface area contributed by atoms with E-state index < -0.39 is 0 Å². The Morgan fingerprint density at radius 3 is 2.66 bits per heavy atom.